The maximum atomic E-state index is 13.4. The lowest BCUT2D eigenvalue weighted by Crippen LogP contribution is -2.38. The standard InChI is InChI=1S/C24H19Cl3N2O3/c25-15-3-1-2-12(9-15)19(11-20(30)28-18-7-6-16(26)10-17(18)27)29-23(31)21-13-4-5-14(8-13)22(21)24(29)32/h1-7,9-10,13-14,19,21-22H,8,11H2,(H,28,30). The first kappa shape index (κ1) is 21.5. The van der Waals surface area contributed by atoms with Crippen LogP contribution in [0.4, 0.5) is 5.69 Å². The summed E-state index contributed by atoms with van der Waals surface area (Å²) in [6.45, 7) is 0. The summed E-state index contributed by atoms with van der Waals surface area (Å²) in [7, 11) is 0. The predicted molar refractivity (Wildman–Crippen MR) is 123 cm³/mol. The second kappa shape index (κ2) is 8.22. The number of nitrogens with zero attached hydrogens (tertiary/aromatic N) is 1. The van der Waals surface area contributed by atoms with Gasteiger partial charge in [0, 0.05) is 10.0 Å². The number of likely N-dealkylation sites (tertiary alicyclic amines) is 1. The second-order valence-electron chi connectivity index (χ2n) is 8.49. The molecule has 3 aliphatic rings. The molecule has 0 radical (unpaired) electrons. The van der Waals surface area contributed by atoms with E-state index in [1.54, 1.807) is 36.4 Å². The Bertz CT molecular complexity index is 1130. The van der Waals surface area contributed by atoms with E-state index < -0.39 is 6.04 Å². The molecule has 2 fully saturated rings. The van der Waals surface area contributed by atoms with Gasteiger partial charge in [-0.25, -0.2) is 0 Å². The number of benzene rings is 2. The van der Waals surface area contributed by atoms with E-state index in [9.17, 15) is 14.4 Å². The summed E-state index contributed by atoms with van der Waals surface area (Å²) in [5, 5.41) is 3.98. The number of allylic oxidation sites excluding steroid dienone is 2. The van der Waals surface area contributed by atoms with Crippen molar-refractivity contribution >= 4 is 58.2 Å². The van der Waals surface area contributed by atoms with Gasteiger partial charge in [-0.3, -0.25) is 19.3 Å². The molecular formula is C24H19Cl3N2O3. The largest absolute Gasteiger partial charge is 0.325 e. The molecule has 2 aromatic rings. The Labute approximate surface area is 200 Å². The Kier molecular flexibility index (Phi) is 5.52. The molecule has 0 aromatic heterocycles. The average molecular weight is 490 g/mol. The highest BCUT2D eigenvalue weighted by molar-refractivity contribution is 6.36. The molecule has 5 nitrogen and oxygen atoms in total. The van der Waals surface area contributed by atoms with Crippen LogP contribution in [0.1, 0.15) is 24.4 Å². The molecule has 1 N–H and O–H groups in total. The van der Waals surface area contributed by atoms with E-state index in [2.05, 4.69) is 5.32 Å². The average Bonchev–Trinajstić information content (AvgIpc) is 3.43. The van der Waals surface area contributed by atoms with Crippen molar-refractivity contribution in [1.82, 2.24) is 4.90 Å². The number of halogens is 3. The summed E-state index contributed by atoms with van der Waals surface area (Å²) in [6.07, 6.45) is 4.82. The fourth-order valence-corrected chi connectivity index (χ4v) is 5.93. The molecular weight excluding hydrogens is 471 g/mol. The molecule has 5 unspecified atom stereocenters. The van der Waals surface area contributed by atoms with Crippen LogP contribution in [-0.4, -0.2) is 22.6 Å². The third-order valence-electron chi connectivity index (χ3n) is 6.63. The zero-order chi connectivity index (χ0) is 22.6. The molecule has 8 heteroatoms. The maximum Gasteiger partial charge on any atom is 0.234 e. The quantitative estimate of drug-likeness (QED) is 0.444. The molecule has 2 aliphatic carbocycles. The summed E-state index contributed by atoms with van der Waals surface area (Å²) >= 11 is 18.3. The molecule has 2 bridgehead atoms. The number of rotatable bonds is 5. The van der Waals surface area contributed by atoms with Crippen LogP contribution in [0.3, 0.4) is 0 Å². The van der Waals surface area contributed by atoms with Gasteiger partial charge in [0.1, 0.15) is 0 Å². The van der Waals surface area contributed by atoms with Gasteiger partial charge in [0.25, 0.3) is 0 Å². The number of anilines is 1. The molecule has 1 saturated carbocycles. The first-order valence-corrected chi connectivity index (χ1v) is 11.5. The lowest BCUT2D eigenvalue weighted by Gasteiger charge is -2.28. The topological polar surface area (TPSA) is 66.5 Å². The summed E-state index contributed by atoms with van der Waals surface area (Å²) in [5.41, 5.74) is 1.04. The van der Waals surface area contributed by atoms with Crippen molar-refractivity contribution in [3.8, 4) is 0 Å². The van der Waals surface area contributed by atoms with Gasteiger partial charge >= 0.3 is 0 Å². The summed E-state index contributed by atoms with van der Waals surface area (Å²) in [5.74, 6) is -1.29. The molecule has 3 amide bonds. The summed E-state index contributed by atoms with van der Waals surface area (Å²) in [6, 6.07) is 10.9. The van der Waals surface area contributed by atoms with Crippen molar-refractivity contribution in [2.45, 2.75) is 18.9 Å². The monoisotopic (exact) mass is 488 g/mol. The van der Waals surface area contributed by atoms with Crippen LogP contribution in [0.15, 0.2) is 54.6 Å². The molecule has 1 saturated heterocycles. The van der Waals surface area contributed by atoms with E-state index >= 15 is 0 Å². The molecule has 1 aliphatic heterocycles. The number of fused-ring (bicyclic) bond motifs is 5. The molecule has 5 rings (SSSR count). The minimum Gasteiger partial charge on any atom is -0.325 e. The SMILES string of the molecule is O=C(CC(c1cccc(Cl)c1)N1C(=O)C2C3C=CC(C3)C2C1=O)Nc1ccc(Cl)cc1Cl. The van der Waals surface area contributed by atoms with Crippen LogP contribution in [0, 0.1) is 23.7 Å². The lowest BCUT2D eigenvalue weighted by atomic mass is 9.85. The van der Waals surface area contributed by atoms with Crippen LogP contribution >= 0.6 is 34.8 Å². The maximum absolute atomic E-state index is 13.4. The number of amides is 3. The normalized spacial score (nSPS) is 26.5. The minimum atomic E-state index is -0.759. The molecule has 2 aromatic carbocycles. The smallest absolute Gasteiger partial charge is 0.234 e. The number of carbonyl (C=O) groups excluding carboxylic acids is 3. The van der Waals surface area contributed by atoms with E-state index in [0.717, 1.165) is 6.42 Å². The van der Waals surface area contributed by atoms with E-state index in [1.165, 1.54) is 11.0 Å². The minimum absolute atomic E-state index is 0.0909. The van der Waals surface area contributed by atoms with Gasteiger partial charge in [0.05, 0.1) is 35.0 Å². The van der Waals surface area contributed by atoms with Gasteiger partial charge in [-0.2, -0.15) is 0 Å². The van der Waals surface area contributed by atoms with Gasteiger partial charge in [0.15, 0.2) is 0 Å². The lowest BCUT2D eigenvalue weighted by molar-refractivity contribution is -0.144. The van der Waals surface area contributed by atoms with Crippen molar-refractivity contribution in [1.29, 1.82) is 0 Å². The first-order chi connectivity index (χ1) is 15.3. The van der Waals surface area contributed by atoms with E-state index in [0.29, 0.717) is 26.3 Å². The molecule has 5 atom stereocenters. The van der Waals surface area contributed by atoms with E-state index in [4.69, 9.17) is 34.8 Å². The van der Waals surface area contributed by atoms with Crippen molar-refractivity contribution in [2.24, 2.45) is 23.7 Å². The van der Waals surface area contributed by atoms with Gasteiger partial charge < -0.3 is 5.32 Å². The molecule has 32 heavy (non-hydrogen) atoms. The van der Waals surface area contributed by atoms with Crippen LogP contribution in [0.25, 0.3) is 0 Å². The van der Waals surface area contributed by atoms with E-state index in [1.807, 2.05) is 12.2 Å². The number of hydrogen-bond acceptors (Lipinski definition) is 3. The van der Waals surface area contributed by atoms with Crippen LogP contribution in [0.2, 0.25) is 15.1 Å². The number of nitrogens with one attached hydrogen (secondary N) is 1. The van der Waals surface area contributed by atoms with Crippen molar-refractivity contribution < 1.29 is 14.4 Å². The highest BCUT2D eigenvalue weighted by Gasteiger charge is 2.60. The Morgan fingerprint density at radius 3 is 2.25 bits per heavy atom. The Balaban J connectivity index is 1.45. The summed E-state index contributed by atoms with van der Waals surface area (Å²) in [4.78, 5) is 41.0. The van der Waals surface area contributed by atoms with Gasteiger partial charge in [-0.1, -0.05) is 59.1 Å². The predicted octanol–water partition coefficient (Wildman–Crippen LogP) is 5.52. The van der Waals surface area contributed by atoms with Crippen molar-refractivity contribution in [2.75, 3.05) is 5.32 Å². The van der Waals surface area contributed by atoms with E-state index in [-0.39, 0.29) is 47.8 Å². The summed E-state index contributed by atoms with van der Waals surface area (Å²) < 4.78 is 0. The fraction of sp³-hybridized carbons (Fsp3) is 0.292. The van der Waals surface area contributed by atoms with Crippen LogP contribution < -0.4 is 5.32 Å². The number of carbonyl (C=O) groups is 3. The van der Waals surface area contributed by atoms with Crippen LogP contribution in [0.5, 0.6) is 0 Å². The highest BCUT2D eigenvalue weighted by Crippen LogP contribution is 2.54. The third-order valence-corrected chi connectivity index (χ3v) is 7.42. The Hall–Kier alpha value is -2.34. The van der Waals surface area contributed by atoms with Gasteiger partial charge in [0.2, 0.25) is 17.7 Å². The Morgan fingerprint density at radius 2 is 1.62 bits per heavy atom. The highest BCUT2D eigenvalue weighted by atomic mass is 35.5. The Morgan fingerprint density at radius 1 is 0.969 bits per heavy atom. The second-order valence-corrected chi connectivity index (χ2v) is 9.77. The van der Waals surface area contributed by atoms with Crippen molar-refractivity contribution in [3.05, 3.63) is 75.2 Å². The third kappa shape index (κ3) is 3.62. The number of hydrogen-bond donors (Lipinski definition) is 1. The molecule has 1 heterocycles. The first-order valence-electron chi connectivity index (χ1n) is 10.4. The van der Waals surface area contributed by atoms with Crippen molar-refractivity contribution in [3.63, 3.8) is 0 Å². The zero-order valence-electron chi connectivity index (χ0n) is 16.8. The van der Waals surface area contributed by atoms with Gasteiger partial charge in [-0.15, -0.1) is 0 Å². The fourth-order valence-electron chi connectivity index (χ4n) is 5.27. The molecule has 164 valence electrons. The van der Waals surface area contributed by atoms with Gasteiger partial charge in [-0.05, 0) is 54.2 Å². The van der Waals surface area contributed by atoms with Crippen LogP contribution in [-0.2, 0) is 14.4 Å². The zero-order valence-corrected chi connectivity index (χ0v) is 19.1. The molecule has 0 spiro atoms. The number of imide groups is 1.